The molecule has 140 valence electrons. The minimum Gasteiger partial charge on any atom is -0.464 e. The number of carbonyl (C=O) groups excluding carboxylic acids is 1. The van der Waals surface area contributed by atoms with Gasteiger partial charge in [-0.3, -0.25) is 0 Å². The summed E-state index contributed by atoms with van der Waals surface area (Å²) in [7, 11) is 1.34. The van der Waals surface area contributed by atoms with Crippen molar-refractivity contribution in [2.45, 2.75) is 39.2 Å². The summed E-state index contributed by atoms with van der Waals surface area (Å²) in [6, 6.07) is 3.50. The average Bonchev–Trinajstić information content (AvgIpc) is 3.11. The molecule has 2 aromatic rings. The molecule has 0 saturated heterocycles. The third-order valence-corrected chi connectivity index (χ3v) is 5.65. The zero-order valence-electron chi connectivity index (χ0n) is 15.5. The number of hydrogen-bond donors (Lipinski definition) is 0. The monoisotopic (exact) mass is 375 g/mol. The summed E-state index contributed by atoms with van der Waals surface area (Å²) in [5, 5.41) is 12.9. The van der Waals surface area contributed by atoms with Gasteiger partial charge in [-0.2, -0.15) is 16.6 Å². The van der Waals surface area contributed by atoms with Crippen molar-refractivity contribution in [3.8, 4) is 11.4 Å². The van der Waals surface area contributed by atoms with Crippen LogP contribution in [0, 0.1) is 18.8 Å². The normalized spacial score (nSPS) is 20.1. The molecule has 1 aliphatic carbocycles. The Morgan fingerprint density at radius 1 is 1.27 bits per heavy atom. The Hall–Kier alpha value is -1.96. The van der Waals surface area contributed by atoms with E-state index in [1.165, 1.54) is 38.5 Å². The van der Waals surface area contributed by atoms with Crippen molar-refractivity contribution in [1.29, 1.82) is 0 Å². The Morgan fingerprint density at radius 2 is 2.00 bits per heavy atom. The Kier molecular flexibility index (Phi) is 6.24. The molecule has 0 bridgehead atoms. The van der Waals surface area contributed by atoms with Gasteiger partial charge < -0.3 is 4.74 Å². The van der Waals surface area contributed by atoms with Gasteiger partial charge in [0.1, 0.15) is 5.69 Å². The van der Waals surface area contributed by atoms with Gasteiger partial charge in [0, 0.05) is 11.3 Å². The predicted octanol–water partition coefficient (Wildman–Crippen LogP) is 3.00. The minimum absolute atomic E-state index is 0.256. The van der Waals surface area contributed by atoms with Crippen molar-refractivity contribution in [3.63, 3.8) is 0 Å². The minimum atomic E-state index is -0.468. The van der Waals surface area contributed by atoms with E-state index in [9.17, 15) is 4.79 Å². The van der Waals surface area contributed by atoms with Gasteiger partial charge in [-0.15, -0.1) is 10.2 Å². The smallest absolute Gasteiger partial charge is 0.356 e. The molecule has 8 heteroatoms. The van der Waals surface area contributed by atoms with Crippen LogP contribution in [0.4, 0.5) is 0 Å². The molecule has 2 aromatic heterocycles. The summed E-state index contributed by atoms with van der Waals surface area (Å²) in [6.07, 6.45) is 7.21. The lowest BCUT2D eigenvalue weighted by Crippen LogP contribution is -2.21. The molecule has 0 radical (unpaired) electrons. The maximum absolute atomic E-state index is 11.7. The molecule has 26 heavy (non-hydrogen) atoms. The van der Waals surface area contributed by atoms with E-state index in [1.54, 1.807) is 10.9 Å². The first-order valence-electron chi connectivity index (χ1n) is 8.93. The summed E-state index contributed by atoms with van der Waals surface area (Å²) >= 11 is 1.94. The molecule has 1 aliphatic rings. The number of aryl methyl sites for hydroxylation is 1. The maximum Gasteiger partial charge on any atom is 0.356 e. The fourth-order valence-electron chi connectivity index (χ4n) is 3.49. The average molecular weight is 375 g/mol. The van der Waals surface area contributed by atoms with E-state index < -0.39 is 5.97 Å². The maximum atomic E-state index is 11.7. The third-order valence-electron chi connectivity index (χ3n) is 4.85. The Balaban J connectivity index is 1.67. The number of thioether (sulfide) groups is 1. The van der Waals surface area contributed by atoms with E-state index in [-0.39, 0.29) is 5.69 Å². The number of carbonyl (C=O) groups is 1. The third kappa shape index (κ3) is 4.60. The second-order valence-corrected chi connectivity index (χ2v) is 7.79. The van der Waals surface area contributed by atoms with Crippen molar-refractivity contribution in [2.24, 2.45) is 11.8 Å². The Labute approximate surface area is 157 Å². The lowest BCUT2D eigenvalue weighted by atomic mass is 9.83. The van der Waals surface area contributed by atoms with Crippen LogP contribution in [0.15, 0.2) is 12.1 Å². The van der Waals surface area contributed by atoms with E-state index in [0.29, 0.717) is 17.4 Å². The van der Waals surface area contributed by atoms with Crippen molar-refractivity contribution in [1.82, 2.24) is 25.2 Å². The van der Waals surface area contributed by atoms with E-state index in [0.717, 1.165) is 18.0 Å². The molecule has 3 rings (SSSR count). The van der Waals surface area contributed by atoms with Crippen LogP contribution in [0.25, 0.3) is 11.4 Å². The number of hydrogen-bond acceptors (Lipinski definition) is 7. The van der Waals surface area contributed by atoms with Crippen LogP contribution in [-0.2, 0) is 11.3 Å². The van der Waals surface area contributed by atoms with Gasteiger partial charge in [-0.05, 0) is 73.8 Å². The number of pyridine rings is 1. The molecular formula is C18H25N5O2S. The van der Waals surface area contributed by atoms with Gasteiger partial charge in [0.15, 0.2) is 0 Å². The fourth-order valence-corrected chi connectivity index (χ4v) is 4.30. The first-order valence-corrected chi connectivity index (χ1v) is 10.3. The molecule has 0 spiro atoms. The second kappa shape index (κ2) is 8.62. The van der Waals surface area contributed by atoms with E-state index in [4.69, 9.17) is 4.74 Å². The van der Waals surface area contributed by atoms with Crippen molar-refractivity contribution >= 4 is 17.7 Å². The van der Waals surface area contributed by atoms with Gasteiger partial charge >= 0.3 is 5.97 Å². The van der Waals surface area contributed by atoms with E-state index in [2.05, 4.69) is 26.7 Å². The zero-order valence-corrected chi connectivity index (χ0v) is 16.3. The van der Waals surface area contributed by atoms with E-state index in [1.807, 2.05) is 24.8 Å². The van der Waals surface area contributed by atoms with E-state index >= 15 is 0 Å². The number of esters is 1. The second-order valence-electron chi connectivity index (χ2n) is 6.88. The van der Waals surface area contributed by atoms with Crippen LogP contribution in [-0.4, -0.2) is 50.3 Å². The molecule has 0 unspecified atom stereocenters. The number of tetrazole rings is 1. The van der Waals surface area contributed by atoms with Crippen LogP contribution in [0.1, 0.15) is 41.9 Å². The number of aromatic nitrogens is 5. The lowest BCUT2D eigenvalue weighted by molar-refractivity contribution is 0.0594. The Morgan fingerprint density at radius 3 is 2.69 bits per heavy atom. The van der Waals surface area contributed by atoms with Gasteiger partial charge in [-0.25, -0.2) is 9.78 Å². The molecule has 1 fully saturated rings. The molecule has 0 N–H and O–H groups in total. The molecule has 1 saturated carbocycles. The van der Waals surface area contributed by atoms with Gasteiger partial charge in [-0.1, -0.05) is 0 Å². The first-order chi connectivity index (χ1) is 12.6. The fraction of sp³-hybridized carbons (Fsp3) is 0.611. The SMILES string of the molecule is COC(=O)c1cc(-c2nnn(C[C@H]3CC[C@H](CSC)CC3)n2)cc(C)n1. The van der Waals surface area contributed by atoms with Crippen LogP contribution < -0.4 is 0 Å². The van der Waals surface area contributed by atoms with Crippen LogP contribution in [0.5, 0.6) is 0 Å². The summed E-state index contributed by atoms with van der Waals surface area (Å²) in [6.45, 7) is 2.63. The molecule has 2 heterocycles. The largest absolute Gasteiger partial charge is 0.464 e. The van der Waals surface area contributed by atoms with Crippen molar-refractivity contribution in [3.05, 3.63) is 23.5 Å². The van der Waals surface area contributed by atoms with Crippen molar-refractivity contribution < 1.29 is 9.53 Å². The standard InChI is InChI=1S/C18H25N5O2S/c1-12-8-15(9-16(19-12)18(24)25-2)17-20-22-23(21-17)10-13-4-6-14(7-5-13)11-26-3/h8-9,13-14H,4-7,10-11H2,1-3H3/t13-,14-. The van der Waals surface area contributed by atoms with Gasteiger partial charge in [0.05, 0.1) is 13.7 Å². The number of methoxy groups -OCH3 is 1. The van der Waals surface area contributed by atoms with Gasteiger partial charge in [0.25, 0.3) is 0 Å². The highest BCUT2D eigenvalue weighted by atomic mass is 32.2. The highest BCUT2D eigenvalue weighted by molar-refractivity contribution is 7.98. The predicted molar refractivity (Wildman–Crippen MR) is 101 cm³/mol. The molecule has 0 amide bonds. The number of rotatable bonds is 6. The first kappa shape index (κ1) is 18.8. The molecule has 7 nitrogen and oxygen atoms in total. The number of nitrogens with zero attached hydrogens (tertiary/aromatic N) is 5. The molecule has 0 aliphatic heterocycles. The number of ether oxygens (including phenoxy) is 1. The Bertz CT molecular complexity index is 756. The summed E-state index contributed by atoms with van der Waals surface area (Å²) < 4.78 is 4.75. The van der Waals surface area contributed by atoms with Gasteiger partial charge in [0.2, 0.25) is 5.82 Å². The molecular weight excluding hydrogens is 350 g/mol. The highest BCUT2D eigenvalue weighted by Crippen LogP contribution is 2.31. The topological polar surface area (TPSA) is 82.8 Å². The van der Waals surface area contributed by atoms with Crippen LogP contribution in [0.2, 0.25) is 0 Å². The summed E-state index contributed by atoms with van der Waals surface area (Å²) in [5.74, 6) is 2.78. The van der Waals surface area contributed by atoms with Crippen LogP contribution in [0.3, 0.4) is 0 Å². The zero-order chi connectivity index (χ0) is 18.5. The quantitative estimate of drug-likeness (QED) is 0.718. The highest BCUT2D eigenvalue weighted by Gasteiger charge is 2.22. The summed E-state index contributed by atoms with van der Waals surface area (Å²) in [4.78, 5) is 17.6. The lowest BCUT2D eigenvalue weighted by Gasteiger charge is -2.27. The molecule has 0 aromatic carbocycles. The molecule has 0 atom stereocenters. The van der Waals surface area contributed by atoms with Crippen LogP contribution >= 0.6 is 11.8 Å². The van der Waals surface area contributed by atoms with Crippen molar-refractivity contribution in [2.75, 3.05) is 19.1 Å². The summed E-state index contributed by atoms with van der Waals surface area (Å²) in [5.41, 5.74) is 1.70.